The molecule has 0 saturated heterocycles. The number of carbonyl (C=O) groups is 1. The minimum atomic E-state index is -0.718. The molecular formula is C17H17N5O3. The largest absolute Gasteiger partial charge is 0.494 e. The summed E-state index contributed by atoms with van der Waals surface area (Å²) < 4.78 is 12.2. The molecule has 0 radical (unpaired) electrons. The van der Waals surface area contributed by atoms with Crippen molar-refractivity contribution >= 4 is 11.6 Å². The lowest BCUT2D eigenvalue weighted by molar-refractivity contribution is -0.126. The Kier molecular flexibility index (Phi) is 5.00. The molecule has 0 spiro atoms. The van der Waals surface area contributed by atoms with Gasteiger partial charge in [-0.05, 0) is 28.1 Å². The summed E-state index contributed by atoms with van der Waals surface area (Å²) in [7, 11) is 3.02. The molecule has 1 heterocycles. The van der Waals surface area contributed by atoms with Crippen LogP contribution in [0, 0.1) is 0 Å². The second kappa shape index (κ2) is 7.54. The van der Waals surface area contributed by atoms with Crippen molar-refractivity contribution in [2.45, 2.75) is 6.10 Å². The van der Waals surface area contributed by atoms with E-state index in [1.807, 2.05) is 30.3 Å². The van der Waals surface area contributed by atoms with E-state index < -0.39 is 6.10 Å². The predicted octanol–water partition coefficient (Wildman–Crippen LogP) is 2.00. The zero-order valence-electron chi connectivity index (χ0n) is 13.8. The highest BCUT2D eigenvalue weighted by Crippen LogP contribution is 2.28. The van der Waals surface area contributed by atoms with Gasteiger partial charge in [0, 0.05) is 13.2 Å². The van der Waals surface area contributed by atoms with E-state index in [9.17, 15) is 4.79 Å². The third-order valence-corrected chi connectivity index (χ3v) is 3.63. The number of amides is 1. The third kappa shape index (κ3) is 3.64. The van der Waals surface area contributed by atoms with Gasteiger partial charge in [-0.3, -0.25) is 4.79 Å². The first-order chi connectivity index (χ1) is 12.2. The van der Waals surface area contributed by atoms with Crippen LogP contribution in [0.4, 0.5) is 5.69 Å². The molecule has 1 atom stereocenters. The lowest BCUT2D eigenvalue weighted by Gasteiger charge is -2.17. The van der Waals surface area contributed by atoms with Crippen LogP contribution in [-0.4, -0.2) is 40.3 Å². The minimum absolute atomic E-state index is 0.290. The summed E-state index contributed by atoms with van der Waals surface area (Å²) in [5.74, 6) is 0.200. The molecule has 25 heavy (non-hydrogen) atoms. The summed E-state index contributed by atoms with van der Waals surface area (Å²) >= 11 is 0. The zero-order valence-corrected chi connectivity index (χ0v) is 13.8. The van der Waals surface area contributed by atoms with Gasteiger partial charge in [0.15, 0.2) is 6.10 Å². The van der Waals surface area contributed by atoms with E-state index in [1.54, 1.807) is 18.2 Å². The molecule has 1 aromatic heterocycles. The number of methoxy groups -OCH3 is 2. The van der Waals surface area contributed by atoms with Crippen molar-refractivity contribution < 1.29 is 14.3 Å². The average Bonchev–Trinajstić information content (AvgIpc) is 3.18. The van der Waals surface area contributed by atoms with Crippen molar-refractivity contribution in [2.24, 2.45) is 0 Å². The molecule has 0 aliphatic rings. The number of nitrogens with one attached hydrogen (secondary N) is 1. The SMILES string of the molecule is COc1cc(-n2cnnn2)ccc1NC(=O)[C@@H](OC)c1ccccc1. The monoisotopic (exact) mass is 339 g/mol. The number of benzene rings is 2. The summed E-state index contributed by atoms with van der Waals surface area (Å²) in [6.07, 6.45) is 0.758. The standard InChI is InChI=1S/C17H17N5O3/c1-24-15-10-13(22-11-18-20-21-22)8-9-14(15)19-17(23)16(25-2)12-6-4-3-5-7-12/h3-11,16H,1-2H3,(H,19,23)/t16-/m0/s1. The molecule has 0 aliphatic heterocycles. The van der Waals surface area contributed by atoms with Crippen molar-refractivity contribution in [3.8, 4) is 11.4 Å². The van der Waals surface area contributed by atoms with E-state index in [0.717, 1.165) is 5.56 Å². The second-order valence-electron chi connectivity index (χ2n) is 5.15. The van der Waals surface area contributed by atoms with Crippen LogP contribution in [0.3, 0.4) is 0 Å². The molecule has 0 bridgehead atoms. The second-order valence-corrected chi connectivity index (χ2v) is 5.15. The van der Waals surface area contributed by atoms with Gasteiger partial charge >= 0.3 is 0 Å². The fraction of sp³-hybridized carbons (Fsp3) is 0.176. The van der Waals surface area contributed by atoms with Gasteiger partial charge < -0.3 is 14.8 Å². The predicted molar refractivity (Wildman–Crippen MR) is 90.5 cm³/mol. The van der Waals surface area contributed by atoms with E-state index in [-0.39, 0.29) is 5.91 Å². The van der Waals surface area contributed by atoms with Crippen molar-refractivity contribution in [3.05, 3.63) is 60.4 Å². The number of carbonyl (C=O) groups excluding carboxylic acids is 1. The van der Waals surface area contributed by atoms with Crippen LogP contribution in [0.5, 0.6) is 5.75 Å². The van der Waals surface area contributed by atoms with Gasteiger partial charge in [-0.1, -0.05) is 30.3 Å². The molecule has 1 amide bonds. The van der Waals surface area contributed by atoms with Gasteiger partial charge in [0.2, 0.25) is 0 Å². The maximum atomic E-state index is 12.6. The van der Waals surface area contributed by atoms with Gasteiger partial charge in [-0.25, -0.2) is 4.68 Å². The van der Waals surface area contributed by atoms with Crippen LogP contribution in [0.1, 0.15) is 11.7 Å². The van der Waals surface area contributed by atoms with E-state index in [2.05, 4.69) is 20.8 Å². The summed E-state index contributed by atoms with van der Waals surface area (Å²) in [6.45, 7) is 0. The van der Waals surface area contributed by atoms with Gasteiger partial charge in [0.1, 0.15) is 12.1 Å². The zero-order chi connectivity index (χ0) is 17.6. The minimum Gasteiger partial charge on any atom is -0.494 e. The lowest BCUT2D eigenvalue weighted by atomic mass is 10.1. The Morgan fingerprint density at radius 3 is 2.60 bits per heavy atom. The molecule has 128 valence electrons. The van der Waals surface area contributed by atoms with E-state index in [4.69, 9.17) is 9.47 Å². The van der Waals surface area contributed by atoms with Crippen LogP contribution in [0.2, 0.25) is 0 Å². The number of hydrogen-bond donors (Lipinski definition) is 1. The Hall–Kier alpha value is -3.26. The fourth-order valence-electron chi connectivity index (χ4n) is 2.43. The highest BCUT2D eigenvalue weighted by Gasteiger charge is 2.21. The Balaban J connectivity index is 1.83. The fourth-order valence-corrected chi connectivity index (χ4v) is 2.43. The average molecular weight is 339 g/mol. The first-order valence-corrected chi connectivity index (χ1v) is 7.53. The van der Waals surface area contributed by atoms with Crippen LogP contribution in [0.15, 0.2) is 54.9 Å². The van der Waals surface area contributed by atoms with Gasteiger partial charge in [-0.2, -0.15) is 0 Å². The molecule has 3 rings (SSSR count). The number of anilines is 1. The van der Waals surface area contributed by atoms with Crippen molar-refractivity contribution in [3.63, 3.8) is 0 Å². The summed E-state index contributed by atoms with van der Waals surface area (Å²) in [4.78, 5) is 12.6. The van der Waals surface area contributed by atoms with E-state index >= 15 is 0 Å². The van der Waals surface area contributed by atoms with Crippen LogP contribution in [0.25, 0.3) is 5.69 Å². The Bertz CT molecular complexity index is 837. The number of tetrazole rings is 1. The highest BCUT2D eigenvalue weighted by atomic mass is 16.5. The number of aromatic nitrogens is 4. The smallest absolute Gasteiger partial charge is 0.258 e. The Morgan fingerprint density at radius 1 is 1.16 bits per heavy atom. The molecule has 0 unspecified atom stereocenters. The third-order valence-electron chi connectivity index (χ3n) is 3.63. The highest BCUT2D eigenvalue weighted by molar-refractivity contribution is 5.96. The van der Waals surface area contributed by atoms with Crippen molar-refractivity contribution in [2.75, 3.05) is 19.5 Å². The summed E-state index contributed by atoms with van der Waals surface area (Å²) in [6, 6.07) is 14.5. The molecule has 0 saturated carbocycles. The Labute approximate surface area is 144 Å². The van der Waals surface area contributed by atoms with Crippen LogP contribution in [-0.2, 0) is 9.53 Å². The molecule has 3 aromatic rings. The van der Waals surface area contributed by atoms with Crippen molar-refractivity contribution in [1.29, 1.82) is 0 Å². The molecular weight excluding hydrogens is 322 g/mol. The molecule has 0 aliphatic carbocycles. The van der Waals surface area contributed by atoms with Gasteiger partial charge in [0.25, 0.3) is 5.91 Å². The molecule has 1 N–H and O–H groups in total. The lowest BCUT2D eigenvalue weighted by Crippen LogP contribution is -2.22. The molecule has 0 fully saturated rings. The van der Waals surface area contributed by atoms with E-state index in [0.29, 0.717) is 17.1 Å². The first-order valence-electron chi connectivity index (χ1n) is 7.53. The van der Waals surface area contributed by atoms with Crippen LogP contribution < -0.4 is 10.1 Å². The first kappa shape index (κ1) is 16.6. The molecule has 8 heteroatoms. The van der Waals surface area contributed by atoms with Crippen LogP contribution >= 0.6 is 0 Å². The normalized spacial score (nSPS) is 11.8. The number of rotatable bonds is 6. The number of nitrogens with zero attached hydrogens (tertiary/aromatic N) is 4. The Morgan fingerprint density at radius 2 is 1.96 bits per heavy atom. The number of ether oxygens (including phenoxy) is 2. The summed E-state index contributed by atoms with van der Waals surface area (Å²) in [5, 5.41) is 13.9. The summed E-state index contributed by atoms with van der Waals surface area (Å²) in [5.41, 5.74) is 2.01. The van der Waals surface area contributed by atoms with Gasteiger partial charge in [0.05, 0.1) is 18.5 Å². The van der Waals surface area contributed by atoms with Gasteiger partial charge in [-0.15, -0.1) is 5.10 Å². The number of hydrogen-bond acceptors (Lipinski definition) is 6. The van der Waals surface area contributed by atoms with E-state index in [1.165, 1.54) is 25.2 Å². The maximum Gasteiger partial charge on any atom is 0.258 e. The molecule has 8 nitrogen and oxygen atoms in total. The van der Waals surface area contributed by atoms with Crippen molar-refractivity contribution in [1.82, 2.24) is 20.2 Å². The maximum absolute atomic E-state index is 12.6. The topological polar surface area (TPSA) is 91.2 Å². The quantitative estimate of drug-likeness (QED) is 0.738. The molecule has 2 aromatic carbocycles.